The highest BCUT2D eigenvalue weighted by Gasteiger charge is 2.27. The molecule has 0 bridgehead atoms. The fourth-order valence-corrected chi connectivity index (χ4v) is 2.94. The highest BCUT2D eigenvalue weighted by molar-refractivity contribution is 5.85. The lowest BCUT2D eigenvalue weighted by atomic mass is 9.91. The molecule has 136 valence electrons. The van der Waals surface area contributed by atoms with Crippen LogP contribution in [0.3, 0.4) is 0 Å². The van der Waals surface area contributed by atoms with E-state index in [-0.39, 0.29) is 30.3 Å². The van der Waals surface area contributed by atoms with Crippen LogP contribution in [-0.2, 0) is 9.53 Å². The topological polar surface area (TPSA) is 95.1 Å². The maximum absolute atomic E-state index is 12.4. The number of halogens is 1. The molecule has 1 saturated heterocycles. The zero-order valence-corrected chi connectivity index (χ0v) is 15.0. The minimum atomic E-state index is -0.481. The SMILES string of the molecule is CC(NC(=O)C(N)C1CCOCC1)c1ccc(-n2cncn2)cc1.Cl. The Morgan fingerprint density at radius 3 is 2.60 bits per heavy atom. The highest BCUT2D eigenvalue weighted by Crippen LogP contribution is 2.19. The first-order valence-corrected chi connectivity index (χ1v) is 8.24. The molecule has 2 aromatic rings. The van der Waals surface area contributed by atoms with Gasteiger partial charge < -0.3 is 15.8 Å². The largest absolute Gasteiger partial charge is 0.381 e. The molecular weight excluding hydrogens is 342 g/mol. The predicted octanol–water partition coefficient (Wildman–Crippen LogP) is 1.62. The van der Waals surface area contributed by atoms with Crippen molar-refractivity contribution in [1.29, 1.82) is 0 Å². The van der Waals surface area contributed by atoms with Crippen LogP contribution in [0.2, 0.25) is 0 Å². The van der Waals surface area contributed by atoms with Crippen LogP contribution < -0.4 is 11.1 Å². The number of hydrogen-bond donors (Lipinski definition) is 2. The van der Waals surface area contributed by atoms with E-state index in [1.807, 2.05) is 31.2 Å². The lowest BCUT2D eigenvalue weighted by Gasteiger charge is -2.28. The van der Waals surface area contributed by atoms with Gasteiger partial charge in [-0.1, -0.05) is 12.1 Å². The molecule has 0 radical (unpaired) electrons. The number of hydrogen-bond acceptors (Lipinski definition) is 5. The normalized spacial score (nSPS) is 17.4. The number of nitrogens with two attached hydrogens (primary N) is 1. The summed E-state index contributed by atoms with van der Waals surface area (Å²) in [5.74, 6) is 0.0930. The second kappa shape index (κ2) is 8.94. The first-order chi connectivity index (χ1) is 11.6. The number of carbonyl (C=O) groups is 1. The van der Waals surface area contributed by atoms with Gasteiger partial charge in [0.1, 0.15) is 12.7 Å². The van der Waals surface area contributed by atoms with Gasteiger partial charge in [0, 0.05) is 13.2 Å². The lowest BCUT2D eigenvalue weighted by molar-refractivity contribution is -0.125. The molecular formula is C17H24ClN5O2. The van der Waals surface area contributed by atoms with Crippen LogP contribution in [0.4, 0.5) is 0 Å². The molecule has 1 amide bonds. The Balaban J connectivity index is 0.00000225. The molecule has 0 saturated carbocycles. The molecule has 3 N–H and O–H groups in total. The fraction of sp³-hybridized carbons (Fsp3) is 0.471. The molecule has 25 heavy (non-hydrogen) atoms. The van der Waals surface area contributed by atoms with E-state index in [4.69, 9.17) is 10.5 Å². The molecule has 2 heterocycles. The number of amides is 1. The molecule has 7 nitrogen and oxygen atoms in total. The highest BCUT2D eigenvalue weighted by atomic mass is 35.5. The smallest absolute Gasteiger partial charge is 0.237 e. The summed E-state index contributed by atoms with van der Waals surface area (Å²) in [5, 5.41) is 7.10. The molecule has 1 aromatic heterocycles. The first-order valence-electron chi connectivity index (χ1n) is 8.24. The molecule has 1 fully saturated rings. The van der Waals surface area contributed by atoms with Crippen LogP contribution >= 0.6 is 12.4 Å². The summed E-state index contributed by atoms with van der Waals surface area (Å²) < 4.78 is 7.01. The van der Waals surface area contributed by atoms with Gasteiger partial charge in [0.15, 0.2) is 0 Å². The third kappa shape index (κ3) is 4.78. The van der Waals surface area contributed by atoms with Gasteiger partial charge >= 0.3 is 0 Å². The second-order valence-electron chi connectivity index (χ2n) is 6.14. The lowest BCUT2D eigenvalue weighted by Crippen LogP contribution is -2.47. The zero-order valence-electron chi connectivity index (χ0n) is 14.2. The summed E-state index contributed by atoms with van der Waals surface area (Å²) in [4.78, 5) is 16.3. The van der Waals surface area contributed by atoms with E-state index < -0.39 is 6.04 Å². The van der Waals surface area contributed by atoms with Crippen LogP contribution in [0.15, 0.2) is 36.9 Å². The third-order valence-corrected chi connectivity index (χ3v) is 4.51. The summed E-state index contributed by atoms with van der Waals surface area (Å²) in [7, 11) is 0. The van der Waals surface area contributed by atoms with Crippen molar-refractivity contribution in [2.24, 2.45) is 11.7 Å². The second-order valence-corrected chi connectivity index (χ2v) is 6.14. The van der Waals surface area contributed by atoms with Gasteiger partial charge in [-0.05, 0) is 43.4 Å². The van der Waals surface area contributed by atoms with E-state index in [0.717, 1.165) is 24.1 Å². The number of nitrogens with zero attached hydrogens (tertiary/aromatic N) is 3. The zero-order chi connectivity index (χ0) is 16.9. The van der Waals surface area contributed by atoms with Gasteiger partial charge in [-0.25, -0.2) is 9.67 Å². The first kappa shape index (κ1) is 19.4. The van der Waals surface area contributed by atoms with E-state index in [9.17, 15) is 4.79 Å². The monoisotopic (exact) mass is 365 g/mol. The van der Waals surface area contributed by atoms with Gasteiger partial charge in [0.05, 0.1) is 17.8 Å². The van der Waals surface area contributed by atoms with Crippen molar-refractivity contribution in [3.05, 3.63) is 42.5 Å². The van der Waals surface area contributed by atoms with Gasteiger partial charge in [0.2, 0.25) is 5.91 Å². The van der Waals surface area contributed by atoms with E-state index in [0.29, 0.717) is 13.2 Å². The molecule has 8 heteroatoms. The van der Waals surface area contributed by atoms with E-state index in [2.05, 4.69) is 15.4 Å². The molecule has 1 aromatic carbocycles. The van der Waals surface area contributed by atoms with Gasteiger partial charge in [-0.3, -0.25) is 4.79 Å². The molecule has 1 aliphatic heterocycles. The average molecular weight is 366 g/mol. The number of aromatic nitrogens is 3. The van der Waals surface area contributed by atoms with E-state index >= 15 is 0 Å². The van der Waals surface area contributed by atoms with Crippen LogP contribution in [0.25, 0.3) is 5.69 Å². The minimum absolute atomic E-state index is 0. The Kier molecular flexibility index (Phi) is 6.92. The van der Waals surface area contributed by atoms with Crippen molar-refractivity contribution in [2.45, 2.75) is 31.8 Å². The Hall–Kier alpha value is -1.96. The van der Waals surface area contributed by atoms with E-state index in [1.54, 1.807) is 11.0 Å². The Bertz CT molecular complexity index is 656. The van der Waals surface area contributed by atoms with Crippen LogP contribution in [0.1, 0.15) is 31.4 Å². The molecule has 1 aliphatic rings. The molecule has 3 rings (SSSR count). The summed E-state index contributed by atoms with van der Waals surface area (Å²) >= 11 is 0. The number of nitrogens with one attached hydrogen (secondary N) is 1. The molecule has 2 unspecified atom stereocenters. The van der Waals surface area contributed by atoms with E-state index in [1.165, 1.54) is 6.33 Å². The quantitative estimate of drug-likeness (QED) is 0.839. The molecule has 2 atom stereocenters. The standard InChI is InChI=1S/C17H23N5O2.ClH/c1-12(21-17(23)16(18)14-6-8-24-9-7-14)13-2-4-15(5-3-13)22-11-19-10-20-22;/h2-5,10-12,14,16H,6-9,18H2,1H3,(H,21,23);1H. The van der Waals surface area contributed by atoms with Crippen molar-refractivity contribution >= 4 is 18.3 Å². The summed E-state index contributed by atoms with van der Waals surface area (Å²) in [6.07, 6.45) is 4.83. The van der Waals surface area contributed by atoms with Gasteiger partial charge in [-0.15, -0.1) is 12.4 Å². The maximum Gasteiger partial charge on any atom is 0.237 e. The number of ether oxygens (including phenoxy) is 1. The van der Waals surface area contributed by atoms with Crippen LogP contribution in [0, 0.1) is 5.92 Å². The summed E-state index contributed by atoms with van der Waals surface area (Å²) in [6, 6.07) is 7.26. The van der Waals surface area contributed by atoms with Crippen molar-refractivity contribution in [1.82, 2.24) is 20.1 Å². The average Bonchev–Trinajstić information content (AvgIpc) is 3.16. The fourth-order valence-electron chi connectivity index (χ4n) is 2.94. The van der Waals surface area contributed by atoms with Crippen molar-refractivity contribution < 1.29 is 9.53 Å². The molecule has 0 aliphatic carbocycles. The number of rotatable bonds is 5. The number of carbonyl (C=O) groups excluding carboxylic acids is 1. The summed E-state index contributed by atoms with van der Waals surface area (Å²) in [5.41, 5.74) is 8.06. The number of benzene rings is 1. The van der Waals surface area contributed by atoms with Gasteiger partial charge in [0.25, 0.3) is 0 Å². The third-order valence-electron chi connectivity index (χ3n) is 4.51. The predicted molar refractivity (Wildman–Crippen MR) is 96.7 cm³/mol. The summed E-state index contributed by atoms with van der Waals surface area (Å²) in [6.45, 7) is 3.33. The maximum atomic E-state index is 12.4. The van der Waals surface area contributed by atoms with Gasteiger partial charge in [-0.2, -0.15) is 5.10 Å². The molecule has 0 spiro atoms. The Morgan fingerprint density at radius 2 is 2.00 bits per heavy atom. The van der Waals surface area contributed by atoms with Crippen molar-refractivity contribution in [3.8, 4) is 5.69 Å². The van der Waals surface area contributed by atoms with Crippen LogP contribution in [0.5, 0.6) is 0 Å². The Labute approximate surface area is 153 Å². The van der Waals surface area contributed by atoms with Crippen molar-refractivity contribution in [3.63, 3.8) is 0 Å². The minimum Gasteiger partial charge on any atom is -0.381 e. The van der Waals surface area contributed by atoms with Crippen molar-refractivity contribution in [2.75, 3.05) is 13.2 Å². The Morgan fingerprint density at radius 1 is 1.32 bits per heavy atom. The van der Waals surface area contributed by atoms with Crippen LogP contribution in [-0.4, -0.2) is 39.9 Å².